The number of unbranched alkanes of at least 4 members (excludes halogenated alkanes) is 4. The summed E-state index contributed by atoms with van der Waals surface area (Å²) in [6.45, 7) is 8.33. The van der Waals surface area contributed by atoms with E-state index in [2.05, 4.69) is 34.1 Å². The molecule has 4 aliphatic rings. The molecule has 4 aromatic rings. The summed E-state index contributed by atoms with van der Waals surface area (Å²) in [7, 11) is 0. The van der Waals surface area contributed by atoms with Crippen molar-refractivity contribution in [2.75, 3.05) is 39.3 Å². The number of hydrogen-bond acceptors (Lipinski definition) is 4. The number of fused-ring (bicyclic) bond motifs is 2. The lowest BCUT2D eigenvalue weighted by Gasteiger charge is -2.32. The second-order valence-electron chi connectivity index (χ2n) is 17.8. The SMILES string of the molecule is O=C(CCCCCN1CC=C(c2cccc(C(F)(F)F)c2)CC1)N1Cc2ccccc2C1.O=C(CCCCCN1CCC(c2cccc(C(F)(F)F)c2)CC1)N1Cc2ccccc2C1. The van der Waals surface area contributed by atoms with Gasteiger partial charge in [-0.05, 0) is 134 Å². The molecule has 0 bridgehead atoms. The van der Waals surface area contributed by atoms with E-state index in [0.717, 1.165) is 147 Å². The molecule has 6 nitrogen and oxygen atoms in total. The van der Waals surface area contributed by atoms with E-state index < -0.39 is 23.5 Å². The van der Waals surface area contributed by atoms with Crippen LogP contribution in [0, 0.1) is 0 Å². The van der Waals surface area contributed by atoms with E-state index in [9.17, 15) is 35.9 Å². The number of benzene rings is 4. The summed E-state index contributed by atoms with van der Waals surface area (Å²) in [6, 6.07) is 27.9. The van der Waals surface area contributed by atoms with Crippen LogP contribution in [-0.2, 0) is 48.1 Å². The second kappa shape index (κ2) is 21.8. The zero-order valence-electron chi connectivity index (χ0n) is 36.6. The van der Waals surface area contributed by atoms with Crippen molar-refractivity contribution in [2.45, 2.75) is 115 Å². The van der Waals surface area contributed by atoms with Crippen LogP contribution in [0.2, 0.25) is 0 Å². The van der Waals surface area contributed by atoms with Crippen molar-refractivity contribution in [1.82, 2.24) is 19.6 Å². The van der Waals surface area contributed by atoms with E-state index in [4.69, 9.17) is 0 Å². The highest BCUT2D eigenvalue weighted by atomic mass is 19.4. The van der Waals surface area contributed by atoms with Gasteiger partial charge in [-0.3, -0.25) is 14.5 Å². The van der Waals surface area contributed by atoms with Gasteiger partial charge in [0.1, 0.15) is 0 Å². The lowest BCUT2D eigenvalue weighted by atomic mass is 9.88. The Labute approximate surface area is 373 Å². The molecule has 64 heavy (non-hydrogen) atoms. The molecule has 0 aromatic heterocycles. The zero-order valence-corrected chi connectivity index (χ0v) is 36.6. The highest BCUT2D eigenvalue weighted by molar-refractivity contribution is 5.77. The molecule has 12 heteroatoms. The van der Waals surface area contributed by atoms with Gasteiger partial charge in [0, 0.05) is 52.1 Å². The van der Waals surface area contributed by atoms with Gasteiger partial charge in [-0.1, -0.05) is 97.8 Å². The largest absolute Gasteiger partial charge is 0.416 e. The van der Waals surface area contributed by atoms with Gasteiger partial charge in [0.15, 0.2) is 0 Å². The van der Waals surface area contributed by atoms with Gasteiger partial charge >= 0.3 is 12.4 Å². The minimum absolute atomic E-state index is 0.204. The van der Waals surface area contributed by atoms with E-state index in [1.165, 1.54) is 46.5 Å². The number of alkyl halides is 6. The van der Waals surface area contributed by atoms with E-state index >= 15 is 0 Å². The molecule has 0 saturated carbocycles. The molecule has 4 heterocycles. The Kier molecular flexibility index (Phi) is 16.0. The van der Waals surface area contributed by atoms with Crippen LogP contribution in [0.3, 0.4) is 0 Å². The molecule has 0 atom stereocenters. The van der Waals surface area contributed by atoms with Crippen molar-refractivity contribution in [2.24, 2.45) is 0 Å². The fourth-order valence-corrected chi connectivity index (χ4v) is 9.44. The Morgan fingerprint density at radius 1 is 0.531 bits per heavy atom. The summed E-state index contributed by atoms with van der Waals surface area (Å²) in [5, 5.41) is 0. The Balaban J connectivity index is 0.000000191. The third-order valence-electron chi connectivity index (χ3n) is 13.2. The third kappa shape index (κ3) is 13.1. The maximum atomic E-state index is 13.0. The number of likely N-dealkylation sites (tertiary alicyclic amines) is 1. The van der Waals surface area contributed by atoms with Gasteiger partial charge in [-0.2, -0.15) is 26.3 Å². The zero-order chi connectivity index (χ0) is 45.1. The van der Waals surface area contributed by atoms with Gasteiger partial charge < -0.3 is 14.7 Å². The van der Waals surface area contributed by atoms with Crippen LogP contribution >= 0.6 is 0 Å². The smallest absolute Gasteiger partial charge is 0.334 e. The molecule has 0 unspecified atom stereocenters. The average Bonchev–Trinajstić information content (AvgIpc) is 3.95. The monoisotopic (exact) mass is 886 g/mol. The van der Waals surface area contributed by atoms with Gasteiger partial charge in [0.05, 0.1) is 11.1 Å². The van der Waals surface area contributed by atoms with Crippen LogP contribution in [0.4, 0.5) is 26.3 Å². The van der Waals surface area contributed by atoms with Gasteiger partial charge in [-0.15, -0.1) is 0 Å². The minimum Gasteiger partial charge on any atom is -0.334 e. The standard InChI is InChI=1S/C26H31F3N2O.C26H29F3N2O/c2*27-26(28,29)24-10-6-9-21(17-24)20-12-15-30(16-13-20)14-5-1-2-11-25(32)31-18-22-7-3-4-8-23(22)19-31/h3-4,6-10,17,20H,1-2,5,11-16,18-19H2;3-4,6-10,12,17H,1-2,5,11,13-16,18-19H2. The normalized spacial score (nSPS) is 17.1. The maximum absolute atomic E-state index is 13.0. The number of carbonyl (C=O) groups excluding carboxylic acids is 2. The number of hydrogen-bond donors (Lipinski definition) is 0. The van der Waals surface area contributed by atoms with E-state index in [1.807, 2.05) is 46.2 Å². The van der Waals surface area contributed by atoms with Crippen molar-refractivity contribution in [3.05, 3.63) is 148 Å². The Hall–Kier alpha value is -4.94. The van der Waals surface area contributed by atoms with Gasteiger partial charge in [0.25, 0.3) is 0 Å². The number of nitrogens with zero attached hydrogens (tertiary/aromatic N) is 4. The van der Waals surface area contributed by atoms with Crippen LogP contribution in [0.1, 0.15) is 121 Å². The van der Waals surface area contributed by atoms with Crippen LogP contribution in [0.25, 0.3) is 5.57 Å². The number of halogens is 6. The Bertz CT molecular complexity index is 2160. The average molecular weight is 887 g/mol. The van der Waals surface area contributed by atoms with Crippen molar-refractivity contribution in [1.29, 1.82) is 0 Å². The summed E-state index contributed by atoms with van der Waals surface area (Å²) in [5.74, 6) is 0.673. The predicted octanol–water partition coefficient (Wildman–Crippen LogP) is 11.9. The first-order valence-corrected chi connectivity index (χ1v) is 23.0. The Morgan fingerprint density at radius 3 is 1.50 bits per heavy atom. The predicted molar refractivity (Wildman–Crippen MR) is 239 cm³/mol. The first-order valence-electron chi connectivity index (χ1n) is 23.0. The molecule has 8 rings (SSSR count). The topological polar surface area (TPSA) is 47.1 Å². The van der Waals surface area contributed by atoms with E-state index in [1.54, 1.807) is 6.07 Å². The summed E-state index contributed by atoms with van der Waals surface area (Å²) in [5.41, 5.74) is 6.35. The number of piperidine rings is 1. The molecule has 1 saturated heterocycles. The van der Waals surface area contributed by atoms with E-state index in [-0.39, 0.29) is 17.7 Å². The maximum Gasteiger partial charge on any atom is 0.416 e. The molecule has 2 amide bonds. The molecule has 0 aliphatic carbocycles. The fraction of sp³-hybridized carbons (Fsp3) is 0.462. The quantitative estimate of drug-likeness (QED) is 0.0935. The van der Waals surface area contributed by atoms with Crippen molar-refractivity contribution in [3.8, 4) is 0 Å². The van der Waals surface area contributed by atoms with Gasteiger partial charge in [-0.25, -0.2) is 0 Å². The van der Waals surface area contributed by atoms with Crippen molar-refractivity contribution >= 4 is 17.4 Å². The van der Waals surface area contributed by atoms with Crippen molar-refractivity contribution in [3.63, 3.8) is 0 Å². The highest BCUT2D eigenvalue weighted by Crippen LogP contribution is 2.35. The molecule has 4 aliphatic heterocycles. The third-order valence-corrected chi connectivity index (χ3v) is 13.2. The minimum atomic E-state index is -4.31. The fourth-order valence-electron chi connectivity index (χ4n) is 9.44. The lowest BCUT2D eigenvalue weighted by Crippen LogP contribution is -2.33. The summed E-state index contributed by atoms with van der Waals surface area (Å²) < 4.78 is 77.7. The molecular formula is C52H60F6N4O2. The van der Waals surface area contributed by atoms with E-state index in [0.29, 0.717) is 18.4 Å². The van der Waals surface area contributed by atoms with Crippen LogP contribution < -0.4 is 0 Å². The second-order valence-corrected chi connectivity index (χ2v) is 17.8. The molecule has 0 N–H and O–H groups in total. The van der Waals surface area contributed by atoms with Gasteiger partial charge in [0.2, 0.25) is 11.8 Å². The summed E-state index contributed by atoms with van der Waals surface area (Å²) in [6.07, 6.45) is 3.13. The van der Waals surface area contributed by atoms with Crippen LogP contribution in [0.5, 0.6) is 0 Å². The number of rotatable bonds is 14. The molecule has 342 valence electrons. The summed E-state index contributed by atoms with van der Waals surface area (Å²) >= 11 is 0. The molecule has 4 aromatic carbocycles. The molecule has 0 spiro atoms. The van der Waals surface area contributed by atoms with Crippen molar-refractivity contribution < 1.29 is 35.9 Å². The van der Waals surface area contributed by atoms with Crippen LogP contribution in [-0.4, -0.2) is 70.7 Å². The number of amides is 2. The highest BCUT2D eigenvalue weighted by Gasteiger charge is 2.32. The molecular weight excluding hydrogens is 827 g/mol. The van der Waals surface area contributed by atoms with Crippen LogP contribution in [0.15, 0.2) is 103 Å². The first kappa shape index (κ1) is 47.0. The molecule has 1 fully saturated rings. The first-order chi connectivity index (χ1) is 30.8. The number of carbonyl (C=O) groups is 2. The lowest BCUT2D eigenvalue weighted by molar-refractivity contribution is -0.138. The molecule has 0 radical (unpaired) electrons. The Morgan fingerprint density at radius 2 is 1.02 bits per heavy atom. The summed E-state index contributed by atoms with van der Waals surface area (Å²) in [4.78, 5) is 33.6.